The van der Waals surface area contributed by atoms with Gasteiger partial charge in [-0.1, -0.05) is 30.3 Å². The van der Waals surface area contributed by atoms with E-state index < -0.39 is 15.6 Å². The molecule has 1 aromatic carbocycles. The van der Waals surface area contributed by atoms with Gasteiger partial charge in [-0.05, 0) is 5.56 Å². The van der Waals surface area contributed by atoms with Crippen molar-refractivity contribution in [3.8, 4) is 0 Å². The molecule has 0 aliphatic rings. The fraction of sp³-hybridized carbons (Fsp3) is 0.143. The number of hydrogen-bond acceptors (Lipinski definition) is 3. The third-order valence-corrected chi connectivity index (χ3v) is 2.20. The molecule has 0 amide bonds. The monoisotopic (exact) mass is 211 g/mol. The molecule has 0 bridgehead atoms. The first-order valence-electron chi connectivity index (χ1n) is 3.21. The van der Waals surface area contributed by atoms with E-state index in [1.165, 1.54) is 12.1 Å². The van der Waals surface area contributed by atoms with Crippen LogP contribution >= 0.6 is 0 Å². The molecule has 0 heterocycles. The molecule has 13 heavy (non-hydrogen) atoms. The second-order valence-corrected chi connectivity index (χ2v) is 3.75. The Morgan fingerprint density at radius 2 is 1.62 bits per heavy atom. The molecule has 0 fully saturated rings. The first-order chi connectivity index (χ1) is 5.52. The molecule has 6 heteroatoms. The summed E-state index contributed by atoms with van der Waals surface area (Å²) >= 11 is 0. The minimum atomic E-state index is -4.40. The number of hydrogen-bond donors (Lipinski definition) is 2. The number of rotatable bonds is 2. The van der Waals surface area contributed by atoms with Crippen LogP contribution in [0.4, 0.5) is 0 Å². The molecule has 2 N–H and O–H groups in total. The van der Waals surface area contributed by atoms with Crippen molar-refractivity contribution in [1.29, 1.82) is 0 Å². The van der Waals surface area contributed by atoms with Crippen molar-refractivity contribution < 1.29 is 18.1 Å². The summed E-state index contributed by atoms with van der Waals surface area (Å²) in [6.45, 7) is 0. The molecule has 1 rings (SSSR count). The Morgan fingerprint density at radius 1 is 1.15 bits per heavy atom. The van der Waals surface area contributed by atoms with Crippen molar-refractivity contribution in [3.63, 3.8) is 0 Å². The Bertz CT molecular complexity index is 348. The summed E-state index contributed by atoms with van der Waals surface area (Å²) in [6.07, 6.45) is 0. The fourth-order valence-corrected chi connectivity index (χ4v) is 1.29. The van der Waals surface area contributed by atoms with Crippen LogP contribution in [0.15, 0.2) is 30.3 Å². The van der Waals surface area contributed by atoms with Crippen molar-refractivity contribution in [2.45, 2.75) is 5.44 Å². The van der Waals surface area contributed by atoms with Crippen LogP contribution in [-0.2, 0) is 10.1 Å². The SMILES string of the molecule is O=S(=O)(O)C(O)c1ccccc1.[Na]. The van der Waals surface area contributed by atoms with Gasteiger partial charge >= 0.3 is 0 Å². The van der Waals surface area contributed by atoms with E-state index in [4.69, 9.17) is 9.66 Å². The molecule has 1 atom stereocenters. The second-order valence-electron chi connectivity index (χ2n) is 2.28. The molecule has 1 aromatic rings. The van der Waals surface area contributed by atoms with E-state index in [9.17, 15) is 8.42 Å². The summed E-state index contributed by atoms with van der Waals surface area (Å²) in [6, 6.07) is 7.66. The van der Waals surface area contributed by atoms with Gasteiger partial charge in [0.2, 0.25) is 5.44 Å². The quantitative estimate of drug-likeness (QED) is 0.540. The minimum Gasteiger partial charge on any atom is -0.371 e. The predicted octanol–water partition coefficient (Wildman–Crippen LogP) is 0.185. The van der Waals surface area contributed by atoms with Crippen molar-refractivity contribution in [1.82, 2.24) is 0 Å². The van der Waals surface area contributed by atoms with Crippen LogP contribution < -0.4 is 0 Å². The average Bonchev–Trinajstić information content (AvgIpc) is 2.03. The molecule has 67 valence electrons. The second kappa shape index (κ2) is 5.09. The fourth-order valence-electron chi connectivity index (χ4n) is 0.790. The van der Waals surface area contributed by atoms with E-state index in [2.05, 4.69) is 0 Å². The third-order valence-electron chi connectivity index (χ3n) is 1.37. The first kappa shape index (κ1) is 13.1. The van der Waals surface area contributed by atoms with Crippen LogP contribution in [0.2, 0.25) is 0 Å². The van der Waals surface area contributed by atoms with E-state index in [0.29, 0.717) is 0 Å². The predicted molar refractivity (Wildman–Crippen MR) is 48.7 cm³/mol. The van der Waals surface area contributed by atoms with Gasteiger partial charge in [-0.2, -0.15) is 8.42 Å². The van der Waals surface area contributed by atoms with Crippen LogP contribution in [0.25, 0.3) is 0 Å². The van der Waals surface area contributed by atoms with Gasteiger partial charge in [0.15, 0.2) is 0 Å². The van der Waals surface area contributed by atoms with Crippen molar-refractivity contribution >= 4 is 39.7 Å². The summed E-state index contributed by atoms with van der Waals surface area (Å²) in [7, 11) is -4.40. The van der Waals surface area contributed by atoms with Gasteiger partial charge in [0.1, 0.15) is 0 Å². The van der Waals surface area contributed by atoms with E-state index in [1.54, 1.807) is 18.2 Å². The molecule has 0 saturated heterocycles. The summed E-state index contributed by atoms with van der Waals surface area (Å²) in [4.78, 5) is 0. The topological polar surface area (TPSA) is 74.6 Å². The number of benzene rings is 1. The summed E-state index contributed by atoms with van der Waals surface area (Å²) in [5.41, 5.74) is -1.70. The average molecular weight is 211 g/mol. The molecule has 0 spiro atoms. The van der Waals surface area contributed by atoms with E-state index >= 15 is 0 Å². The Balaban J connectivity index is 0.00000144. The smallest absolute Gasteiger partial charge is 0.296 e. The summed E-state index contributed by atoms with van der Waals surface area (Å²) in [5, 5.41) is 9.02. The molecule has 0 saturated carbocycles. The number of aliphatic hydroxyl groups excluding tert-OH is 1. The van der Waals surface area contributed by atoms with Crippen molar-refractivity contribution in [2.75, 3.05) is 0 Å². The Hall–Kier alpha value is 0.0900. The standard InChI is InChI=1S/C7H8O4S.Na/c8-7(12(9,10)11)6-4-2-1-3-5-6;/h1-5,7-8H,(H,9,10,11);. The molecule has 4 nitrogen and oxygen atoms in total. The Labute approximate surface area is 98.6 Å². The van der Waals surface area contributed by atoms with E-state index in [0.717, 1.165) is 0 Å². The van der Waals surface area contributed by atoms with E-state index in [1.807, 2.05) is 0 Å². The number of aliphatic hydroxyl groups is 1. The molecule has 0 aliphatic heterocycles. The Kier molecular flexibility index (Phi) is 5.13. The van der Waals surface area contributed by atoms with Gasteiger partial charge in [-0.25, -0.2) is 0 Å². The van der Waals surface area contributed by atoms with Gasteiger partial charge < -0.3 is 5.11 Å². The van der Waals surface area contributed by atoms with Crippen LogP contribution in [-0.4, -0.2) is 47.6 Å². The van der Waals surface area contributed by atoms with Gasteiger partial charge in [0, 0.05) is 29.6 Å². The van der Waals surface area contributed by atoms with E-state index in [-0.39, 0.29) is 35.1 Å². The molecule has 0 aliphatic carbocycles. The van der Waals surface area contributed by atoms with Crippen molar-refractivity contribution in [2.24, 2.45) is 0 Å². The Morgan fingerprint density at radius 3 is 2.00 bits per heavy atom. The first-order valence-corrected chi connectivity index (χ1v) is 4.71. The molecular formula is C7H8NaO4S. The minimum absolute atomic E-state index is 0. The van der Waals surface area contributed by atoms with Crippen molar-refractivity contribution in [3.05, 3.63) is 35.9 Å². The molecule has 1 unspecified atom stereocenters. The van der Waals surface area contributed by atoms with Crippen LogP contribution in [0, 0.1) is 0 Å². The molecular weight excluding hydrogens is 203 g/mol. The summed E-state index contributed by atoms with van der Waals surface area (Å²) < 4.78 is 29.3. The normalized spacial score (nSPS) is 13.1. The van der Waals surface area contributed by atoms with Gasteiger partial charge in [-0.3, -0.25) is 4.55 Å². The largest absolute Gasteiger partial charge is 0.371 e. The van der Waals surface area contributed by atoms with Gasteiger partial charge in [0.25, 0.3) is 10.1 Å². The van der Waals surface area contributed by atoms with Crippen LogP contribution in [0.5, 0.6) is 0 Å². The van der Waals surface area contributed by atoms with Crippen LogP contribution in [0.1, 0.15) is 11.0 Å². The summed E-state index contributed by atoms with van der Waals surface area (Å²) in [5.74, 6) is 0. The maximum Gasteiger partial charge on any atom is 0.296 e. The zero-order valence-electron chi connectivity index (χ0n) is 7.08. The van der Waals surface area contributed by atoms with Gasteiger partial charge in [0.05, 0.1) is 0 Å². The maximum atomic E-state index is 10.4. The molecule has 1 radical (unpaired) electrons. The van der Waals surface area contributed by atoms with Gasteiger partial charge in [-0.15, -0.1) is 0 Å². The maximum absolute atomic E-state index is 10.4. The zero-order valence-corrected chi connectivity index (χ0v) is 9.90. The molecule has 0 aromatic heterocycles. The zero-order chi connectivity index (χ0) is 9.19. The van der Waals surface area contributed by atoms with Crippen LogP contribution in [0.3, 0.4) is 0 Å². The third kappa shape index (κ3) is 3.76.